The van der Waals surface area contributed by atoms with Crippen LogP contribution in [-0.4, -0.2) is 4.98 Å². The van der Waals surface area contributed by atoms with Gasteiger partial charge in [-0.05, 0) is 23.1 Å². The predicted octanol–water partition coefficient (Wildman–Crippen LogP) is 2.38. The molecule has 1 radical (unpaired) electrons. The molecule has 1 aromatic heterocycles. The Morgan fingerprint density at radius 2 is 1.55 bits per heavy atom. The zero-order valence-electron chi connectivity index (χ0n) is 7.33. The maximum atomic E-state index is 3.96. The third-order valence-corrected chi connectivity index (χ3v) is 1.55. The van der Waals surface area contributed by atoms with E-state index in [-0.39, 0.29) is 38.1 Å². The van der Waals surface area contributed by atoms with Crippen molar-refractivity contribution in [2.45, 2.75) is 26.2 Å². The van der Waals surface area contributed by atoms with Gasteiger partial charge in [0, 0.05) is 45.1 Å². The van der Waals surface area contributed by atoms with Crippen molar-refractivity contribution in [2.75, 3.05) is 0 Å². The molecule has 11 heavy (non-hydrogen) atoms. The summed E-state index contributed by atoms with van der Waals surface area (Å²) in [6, 6.07) is 4.11. The molecule has 0 N–H and O–H groups in total. The molecule has 2 heteroatoms. The predicted molar refractivity (Wildman–Crippen MR) is 42.9 cm³/mol. The Hall–Kier alpha value is 0.254. The molecular formula is C9H13NY. The van der Waals surface area contributed by atoms with Crippen molar-refractivity contribution >= 4 is 0 Å². The summed E-state index contributed by atoms with van der Waals surface area (Å²) in [5.41, 5.74) is 1.59. The van der Waals surface area contributed by atoms with Crippen LogP contribution in [0.5, 0.6) is 0 Å². The molecule has 1 aromatic rings. The molecule has 0 atom stereocenters. The van der Waals surface area contributed by atoms with E-state index >= 15 is 0 Å². The van der Waals surface area contributed by atoms with Crippen LogP contribution in [0.1, 0.15) is 26.3 Å². The topological polar surface area (TPSA) is 12.9 Å². The third kappa shape index (κ3) is 3.44. The Kier molecular flexibility index (Phi) is 4.42. The van der Waals surface area contributed by atoms with E-state index in [1.807, 2.05) is 12.4 Å². The molecule has 0 unspecified atom stereocenters. The van der Waals surface area contributed by atoms with Crippen molar-refractivity contribution in [1.82, 2.24) is 4.98 Å². The Labute approximate surface area is 93.5 Å². The van der Waals surface area contributed by atoms with Gasteiger partial charge < -0.3 is 0 Å². The maximum Gasteiger partial charge on any atom is 0.0270 e. The third-order valence-electron chi connectivity index (χ3n) is 1.55. The quantitative estimate of drug-likeness (QED) is 0.659. The van der Waals surface area contributed by atoms with Gasteiger partial charge in [-0.3, -0.25) is 4.98 Å². The van der Waals surface area contributed by atoms with E-state index in [1.165, 1.54) is 5.56 Å². The van der Waals surface area contributed by atoms with Crippen LogP contribution in [0.15, 0.2) is 24.5 Å². The van der Waals surface area contributed by atoms with E-state index in [0.29, 0.717) is 0 Å². The second-order valence-electron chi connectivity index (χ2n) is 3.49. The molecule has 0 saturated carbocycles. The molecule has 0 spiro atoms. The minimum Gasteiger partial charge on any atom is -0.265 e. The summed E-state index contributed by atoms with van der Waals surface area (Å²) in [5.74, 6) is 0. The second kappa shape index (κ2) is 4.32. The van der Waals surface area contributed by atoms with Crippen molar-refractivity contribution in [2.24, 2.45) is 0 Å². The number of aromatic nitrogens is 1. The van der Waals surface area contributed by atoms with Gasteiger partial charge in [-0.15, -0.1) is 0 Å². The molecular weight excluding hydrogens is 211 g/mol. The van der Waals surface area contributed by atoms with Gasteiger partial charge in [-0.1, -0.05) is 20.8 Å². The van der Waals surface area contributed by atoms with E-state index in [1.54, 1.807) is 0 Å². The fourth-order valence-corrected chi connectivity index (χ4v) is 0.852. The summed E-state index contributed by atoms with van der Waals surface area (Å²) in [4.78, 5) is 3.96. The summed E-state index contributed by atoms with van der Waals surface area (Å²) in [5, 5.41) is 0. The Balaban J connectivity index is 0.000001000. The van der Waals surface area contributed by atoms with Gasteiger partial charge >= 0.3 is 0 Å². The molecule has 1 heterocycles. The summed E-state index contributed by atoms with van der Waals surface area (Å²) >= 11 is 0. The SMILES string of the molecule is CC(C)(C)c1ccncc1.[Y]. The van der Waals surface area contributed by atoms with Crippen LogP contribution in [0.25, 0.3) is 0 Å². The van der Waals surface area contributed by atoms with E-state index in [0.717, 1.165) is 0 Å². The number of hydrogen-bond acceptors (Lipinski definition) is 1. The first-order valence-corrected chi connectivity index (χ1v) is 3.51. The first-order valence-electron chi connectivity index (χ1n) is 3.51. The molecule has 1 rings (SSSR count). The molecule has 57 valence electrons. The van der Waals surface area contributed by atoms with Crippen LogP contribution in [-0.2, 0) is 38.1 Å². The largest absolute Gasteiger partial charge is 0.265 e. The standard InChI is InChI=1S/C9H13N.Y/c1-9(2,3)8-4-6-10-7-5-8;/h4-7H,1-3H3;. The minimum absolute atomic E-state index is 0. The van der Waals surface area contributed by atoms with Crippen molar-refractivity contribution < 1.29 is 32.7 Å². The average molecular weight is 224 g/mol. The van der Waals surface area contributed by atoms with Crippen LogP contribution < -0.4 is 0 Å². The van der Waals surface area contributed by atoms with E-state index in [2.05, 4.69) is 37.9 Å². The fraction of sp³-hybridized carbons (Fsp3) is 0.444. The van der Waals surface area contributed by atoms with E-state index < -0.39 is 0 Å². The average Bonchev–Trinajstić information content (AvgIpc) is 1.88. The number of rotatable bonds is 0. The first-order chi connectivity index (χ1) is 4.61. The van der Waals surface area contributed by atoms with E-state index in [4.69, 9.17) is 0 Å². The smallest absolute Gasteiger partial charge is 0.0270 e. The van der Waals surface area contributed by atoms with Gasteiger partial charge in [0.15, 0.2) is 0 Å². The van der Waals surface area contributed by atoms with Gasteiger partial charge in [-0.25, -0.2) is 0 Å². The van der Waals surface area contributed by atoms with Crippen molar-refractivity contribution in [3.63, 3.8) is 0 Å². The Morgan fingerprint density at radius 3 is 1.82 bits per heavy atom. The number of hydrogen-bond donors (Lipinski definition) is 0. The molecule has 0 saturated heterocycles. The van der Waals surface area contributed by atoms with Gasteiger partial charge in [0.05, 0.1) is 0 Å². The van der Waals surface area contributed by atoms with Crippen LogP contribution >= 0.6 is 0 Å². The summed E-state index contributed by atoms with van der Waals surface area (Å²) in [7, 11) is 0. The minimum atomic E-state index is 0. The molecule has 0 aliphatic rings. The summed E-state index contributed by atoms with van der Waals surface area (Å²) in [6.07, 6.45) is 3.67. The van der Waals surface area contributed by atoms with Crippen molar-refractivity contribution in [3.05, 3.63) is 30.1 Å². The first kappa shape index (κ1) is 11.3. The van der Waals surface area contributed by atoms with E-state index in [9.17, 15) is 0 Å². The number of nitrogens with zero attached hydrogens (tertiary/aromatic N) is 1. The van der Waals surface area contributed by atoms with Crippen LogP contribution in [0.3, 0.4) is 0 Å². The maximum absolute atomic E-state index is 3.96. The zero-order valence-corrected chi connectivity index (χ0v) is 10.2. The molecule has 0 bridgehead atoms. The number of pyridine rings is 1. The molecule has 0 fully saturated rings. The summed E-state index contributed by atoms with van der Waals surface area (Å²) in [6.45, 7) is 6.59. The van der Waals surface area contributed by atoms with Gasteiger partial charge in [-0.2, -0.15) is 0 Å². The Bertz CT molecular complexity index is 201. The normalized spacial score (nSPS) is 10.5. The van der Waals surface area contributed by atoms with Crippen LogP contribution in [0.4, 0.5) is 0 Å². The molecule has 0 aliphatic carbocycles. The molecule has 1 nitrogen and oxygen atoms in total. The fourth-order valence-electron chi connectivity index (χ4n) is 0.852. The van der Waals surface area contributed by atoms with Crippen molar-refractivity contribution in [3.8, 4) is 0 Å². The molecule has 0 amide bonds. The van der Waals surface area contributed by atoms with Gasteiger partial charge in [0.25, 0.3) is 0 Å². The second-order valence-corrected chi connectivity index (χ2v) is 3.49. The van der Waals surface area contributed by atoms with Gasteiger partial charge in [0.2, 0.25) is 0 Å². The Morgan fingerprint density at radius 1 is 1.09 bits per heavy atom. The van der Waals surface area contributed by atoms with Crippen LogP contribution in [0.2, 0.25) is 0 Å². The molecule has 0 aromatic carbocycles. The zero-order chi connectivity index (χ0) is 7.61. The van der Waals surface area contributed by atoms with Crippen molar-refractivity contribution in [1.29, 1.82) is 0 Å². The summed E-state index contributed by atoms with van der Waals surface area (Å²) < 4.78 is 0. The molecule has 0 aliphatic heterocycles. The van der Waals surface area contributed by atoms with Gasteiger partial charge in [0.1, 0.15) is 0 Å². The monoisotopic (exact) mass is 224 g/mol. The van der Waals surface area contributed by atoms with Crippen LogP contribution in [0, 0.1) is 0 Å².